The minimum absolute atomic E-state index is 0.123. The van der Waals surface area contributed by atoms with Gasteiger partial charge in [-0.3, -0.25) is 9.59 Å². The zero-order valence-electron chi connectivity index (χ0n) is 15.2. The molecule has 0 spiro atoms. The van der Waals surface area contributed by atoms with Gasteiger partial charge in [-0.25, -0.2) is 0 Å². The first kappa shape index (κ1) is 19.2. The summed E-state index contributed by atoms with van der Waals surface area (Å²) in [6.07, 6.45) is -2.34. The van der Waals surface area contributed by atoms with Gasteiger partial charge in [-0.15, -0.1) is 8.78 Å². The van der Waals surface area contributed by atoms with E-state index in [0.29, 0.717) is 11.4 Å². The fourth-order valence-electron chi connectivity index (χ4n) is 2.64. The number of anilines is 2. The lowest BCUT2D eigenvalue weighted by Crippen LogP contribution is -2.25. The van der Waals surface area contributed by atoms with Crippen LogP contribution in [0.3, 0.4) is 0 Å². The number of alkyl halides is 2. The van der Waals surface area contributed by atoms with Gasteiger partial charge in [-0.2, -0.15) is 0 Å². The second-order valence-corrected chi connectivity index (χ2v) is 6.13. The van der Waals surface area contributed by atoms with Gasteiger partial charge < -0.3 is 29.3 Å². The maximum atomic E-state index is 13.0. The minimum atomic E-state index is -3.73. The van der Waals surface area contributed by atoms with E-state index < -0.39 is 18.1 Å². The molecule has 2 N–H and O–H groups in total. The summed E-state index contributed by atoms with van der Waals surface area (Å²) in [5, 5.41) is 5.15. The molecule has 0 saturated carbocycles. The number of carbonyl (C=O) groups is 2. The van der Waals surface area contributed by atoms with E-state index in [1.807, 2.05) is 0 Å². The molecule has 154 valence electrons. The minimum Gasteiger partial charge on any atom is -0.484 e. The van der Waals surface area contributed by atoms with Crippen LogP contribution in [0.4, 0.5) is 20.2 Å². The van der Waals surface area contributed by atoms with Crippen LogP contribution in [0.1, 0.15) is 10.6 Å². The van der Waals surface area contributed by atoms with Gasteiger partial charge in [0.1, 0.15) is 5.75 Å². The van der Waals surface area contributed by atoms with Gasteiger partial charge in [0.2, 0.25) is 0 Å². The molecule has 1 aromatic heterocycles. The molecule has 0 atom stereocenters. The van der Waals surface area contributed by atoms with E-state index in [-0.39, 0.29) is 29.6 Å². The average Bonchev–Trinajstić information content (AvgIpc) is 3.33. The van der Waals surface area contributed by atoms with E-state index >= 15 is 0 Å². The molecule has 0 radical (unpaired) electrons. The van der Waals surface area contributed by atoms with Crippen LogP contribution in [-0.2, 0) is 4.79 Å². The van der Waals surface area contributed by atoms with Crippen LogP contribution in [0.15, 0.2) is 65.3 Å². The molecule has 30 heavy (non-hydrogen) atoms. The summed E-state index contributed by atoms with van der Waals surface area (Å²) < 4.78 is 45.2. The first-order valence-corrected chi connectivity index (χ1v) is 8.65. The molecule has 0 unspecified atom stereocenters. The molecule has 10 heteroatoms. The van der Waals surface area contributed by atoms with Crippen molar-refractivity contribution in [2.45, 2.75) is 6.29 Å². The standard InChI is InChI=1S/C20H14F2N2O6/c21-20(22)29-15-7-6-13(10-17(15)30-20)23-18(25)11-28-14-4-1-3-12(9-14)24-19(26)16-5-2-8-27-16/h1-10H,11H2,(H,23,25)(H,24,26). The first-order valence-electron chi connectivity index (χ1n) is 8.65. The topological polar surface area (TPSA) is 99.0 Å². The molecule has 1 aliphatic rings. The number of carbonyl (C=O) groups excluding carboxylic acids is 2. The molecular formula is C20H14F2N2O6. The fraction of sp³-hybridized carbons (Fsp3) is 0.100. The second-order valence-electron chi connectivity index (χ2n) is 6.13. The molecule has 4 rings (SSSR count). The van der Waals surface area contributed by atoms with E-state index in [2.05, 4.69) is 20.1 Å². The van der Waals surface area contributed by atoms with Crippen LogP contribution in [-0.4, -0.2) is 24.7 Å². The van der Waals surface area contributed by atoms with Crippen LogP contribution in [0, 0.1) is 0 Å². The number of halogens is 2. The van der Waals surface area contributed by atoms with E-state index in [1.165, 1.54) is 36.6 Å². The number of amides is 2. The summed E-state index contributed by atoms with van der Waals surface area (Å²) in [6.45, 7) is -0.347. The molecule has 8 nitrogen and oxygen atoms in total. The van der Waals surface area contributed by atoms with E-state index in [1.54, 1.807) is 24.3 Å². The fourth-order valence-corrected chi connectivity index (χ4v) is 2.64. The Hall–Kier alpha value is -4.08. The Morgan fingerprint density at radius 3 is 2.53 bits per heavy atom. The highest BCUT2D eigenvalue weighted by Gasteiger charge is 2.43. The highest BCUT2D eigenvalue weighted by molar-refractivity contribution is 6.02. The van der Waals surface area contributed by atoms with Crippen molar-refractivity contribution in [2.75, 3.05) is 17.2 Å². The van der Waals surface area contributed by atoms with Crippen LogP contribution in [0.25, 0.3) is 0 Å². The highest BCUT2D eigenvalue weighted by atomic mass is 19.3. The van der Waals surface area contributed by atoms with Crippen molar-refractivity contribution in [3.05, 3.63) is 66.6 Å². The number of benzene rings is 2. The molecule has 1 aliphatic heterocycles. The number of rotatable bonds is 6. The van der Waals surface area contributed by atoms with E-state index in [0.717, 1.165) is 0 Å². The summed E-state index contributed by atoms with van der Waals surface area (Å²) in [5.74, 6) is -0.759. The lowest BCUT2D eigenvalue weighted by atomic mass is 10.2. The van der Waals surface area contributed by atoms with Gasteiger partial charge in [0.05, 0.1) is 6.26 Å². The quantitative estimate of drug-likeness (QED) is 0.633. The van der Waals surface area contributed by atoms with Gasteiger partial charge in [-0.05, 0) is 36.4 Å². The Labute approximate surface area is 168 Å². The summed E-state index contributed by atoms with van der Waals surface area (Å²) in [5.41, 5.74) is 0.689. The van der Waals surface area contributed by atoms with E-state index in [9.17, 15) is 18.4 Å². The molecule has 3 aromatic rings. The van der Waals surface area contributed by atoms with Crippen molar-refractivity contribution in [1.29, 1.82) is 0 Å². The molecule has 0 aliphatic carbocycles. The zero-order chi connectivity index (χ0) is 21.1. The summed E-state index contributed by atoms with van der Waals surface area (Å²) in [6, 6.07) is 13.4. The van der Waals surface area contributed by atoms with Crippen molar-refractivity contribution in [3.8, 4) is 17.2 Å². The monoisotopic (exact) mass is 416 g/mol. The number of ether oxygens (including phenoxy) is 3. The first-order chi connectivity index (χ1) is 14.4. The van der Waals surface area contributed by atoms with E-state index in [4.69, 9.17) is 9.15 Å². The third-order valence-corrected chi connectivity index (χ3v) is 3.89. The Morgan fingerprint density at radius 1 is 0.933 bits per heavy atom. The van der Waals surface area contributed by atoms with Crippen molar-refractivity contribution < 1.29 is 37.0 Å². The van der Waals surface area contributed by atoms with Gasteiger partial charge in [-0.1, -0.05) is 6.07 Å². The summed E-state index contributed by atoms with van der Waals surface area (Å²) in [7, 11) is 0. The maximum Gasteiger partial charge on any atom is 0.586 e. The Bertz CT molecular complexity index is 1080. The number of furan rings is 1. The van der Waals surface area contributed by atoms with Crippen LogP contribution in [0.5, 0.6) is 17.2 Å². The van der Waals surface area contributed by atoms with Crippen LogP contribution < -0.4 is 24.8 Å². The zero-order valence-corrected chi connectivity index (χ0v) is 15.2. The number of hydrogen-bond donors (Lipinski definition) is 2. The molecule has 2 heterocycles. The van der Waals surface area contributed by atoms with Crippen molar-refractivity contribution in [2.24, 2.45) is 0 Å². The molecule has 0 saturated heterocycles. The normalized spacial score (nSPS) is 13.5. The molecule has 0 fully saturated rings. The number of hydrogen-bond acceptors (Lipinski definition) is 6. The Morgan fingerprint density at radius 2 is 1.73 bits per heavy atom. The van der Waals surface area contributed by atoms with Gasteiger partial charge in [0.15, 0.2) is 23.9 Å². The average molecular weight is 416 g/mol. The van der Waals surface area contributed by atoms with Crippen molar-refractivity contribution in [3.63, 3.8) is 0 Å². The molecule has 0 bridgehead atoms. The molecular weight excluding hydrogens is 402 g/mol. The maximum absolute atomic E-state index is 13.0. The predicted molar refractivity (Wildman–Crippen MR) is 99.9 cm³/mol. The second kappa shape index (κ2) is 7.74. The molecule has 2 amide bonds. The smallest absolute Gasteiger partial charge is 0.484 e. The van der Waals surface area contributed by atoms with Crippen LogP contribution >= 0.6 is 0 Å². The highest BCUT2D eigenvalue weighted by Crippen LogP contribution is 2.42. The number of fused-ring (bicyclic) bond motifs is 1. The SMILES string of the molecule is O=C(COc1cccc(NC(=O)c2ccco2)c1)Nc1ccc2c(c1)OC(F)(F)O2. The third kappa shape index (κ3) is 4.49. The largest absolute Gasteiger partial charge is 0.586 e. The number of nitrogens with one attached hydrogen (secondary N) is 2. The van der Waals surface area contributed by atoms with Gasteiger partial charge in [0.25, 0.3) is 11.8 Å². The Kier molecular flexibility index (Phi) is 4.97. The lowest BCUT2D eigenvalue weighted by Gasteiger charge is -2.09. The molecule has 2 aromatic carbocycles. The van der Waals surface area contributed by atoms with Crippen LogP contribution in [0.2, 0.25) is 0 Å². The summed E-state index contributed by atoms with van der Waals surface area (Å²) >= 11 is 0. The van der Waals surface area contributed by atoms with Gasteiger partial charge in [0, 0.05) is 23.5 Å². The lowest BCUT2D eigenvalue weighted by molar-refractivity contribution is -0.286. The van der Waals surface area contributed by atoms with Crippen molar-refractivity contribution in [1.82, 2.24) is 0 Å². The Balaban J connectivity index is 1.32. The summed E-state index contributed by atoms with van der Waals surface area (Å²) in [4.78, 5) is 24.1. The third-order valence-electron chi connectivity index (χ3n) is 3.89. The van der Waals surface area contributed by atoms with Gasteiger partial charge >= 0.3 is 6.29 Å². The van der Waals surface area contributed by atoms with Crippen molar-refractivity contribution >= 4 is 23.2 Å². The predicted octanol–water partition coefficient (Wildman–Crippen LogP) is 3.87.